The lowest BCUT2D eigenvalue weighted by atomic mass is 10.2. The molecule has 3 heterocycles. The van der Waals surface area contributed by atoms with Crippen molar-refractivity contribution in [1.82, 2.24) is 10.2 Å². The van der Waals surface area contributed by atoms with Crippen LogP contribution in [0.25, 0.3) is 6.08 Å². The van der Waals surface area contributed by atoms with E-state index >= 15 is 0 Å². The molecule has 1 aromatic carbocycles. The second kappa shape index (κ2) is 10.2. The summed E-state index contributed by atoms with van der Waals surface area (Å²) in [6.45, 7) is 2.06. The molecule has 0 spiro atoms. The van der Waals surface area contributed by atoms with E-state index in [1.165, 1.54) is 0 Å². The minimum atomic E-state index is -0.373. The first kappa shape index (κ1) is 21.7. The molecule has 3 aliphatic heterocycles. The molecule has 0 bridgehead atoms. The highest BCUT2D eigenvalue weighted by atomic mass is 32.2. The number of benzene rings is 1. The Morgan fingerprint density at radius 1 is 1.29 bits per heavy atom. The van der Waals surface area contributed by atoms with E-state index in [1.807, 2.05) is 0 Å². The van der Waals surface area contributed by atoms with E-state index < -0.39 is 0 Å². The van der Waals surface area contributed by atoms with E-state index in [4.69, 9.17) is 18.9 Å². The molecular formula is C21H24N2O7S. The minimum absolute atomic E-state index is 0.117. The number of thioether (sulfide) groups is 1. The molecule has 1 unspecified atom stereocenters. The Morgan fingerprint density at radius 2 is 2.16 bits per heavy atom. The zero-order valence-electron chi connectivity index (χ0n) is 17.0. The molecule has 9 nitrogen and oxygen atoms in total. The molecule has 1 atom stereocenters. The van der Waals surface area contributed by atoms with Gasteiger partial charge in [0.05, 0.1) is 24.2 Å². The van der Waals surface area contributed by atoms with Crippen molar-refractivity contribution in [3.63, 3.8) is 0 Å². The summed E-state index contributed by atoms with van der Waals surface area (Å²) in [5, 5.41) is 2.36. The van der Waals surface area contributed by atoms with E-state index in [9.17, 15) is 14.4 Å². The van der Waals surface area contributed by atoms with Crippen molar-refractivity contribution in [2.75, 3.05) is 39.7 Å². The smallest absolute Gasteiger partial charge is 0.293 e. The van der Waals surface area contributed by atoms with E-state index in [-0.39, 0.29) is 49.5 Å². The number of hydrogen-bond donors (Lipinski definition) is 1. The number of carbonyl (C=O) groups excluding carboxylic acids is 3. The number of nitrogens with one attached hydrogen (secondary N) is 1. The molecule has 0 radical (unpaired) electrons. The monoisotopic (exact) mass is 448 g/mol. The first-order chi connectivity index (χ1) is 15.1. The van der Waals surface area contributed by atoms with Crippen LogP contribution in [0.2, 0.25) is 0 Å². The third-order valence-corrected chi connectivity index (χ3v) is 5.93. The molecule has 2 saturated heterocycles. The average molecular weight is 448 g/mol. The van der Waals surface area contributed by atoms with Crippen LogP contribution in [-0.2, 0) is 19.1 Å². The van der Waals surface area contributed by atoms with Gasteiger partial charge in [0, 0.05) is 26.1 Å². The van der Waals surface area contributed by atoms with Crippen molar-refractivity contribution in [2.45, 2.75) is 25.4 Å². The van der Waals surface area contributed by atoms with Gasteiger partial charge >= 0.3 is 0 Å². The summed E-state index contributed by atoms with van der Waals surface area (Å²) < 4.78 is 21.5. The van der Waals surface area contributed by atoms with Crippen molar-refractivity contribution >= 4 is 34.9 Å². The maximum atomic E-state index is 12.6. The van der Waals surface area contributed by atoms with Crippen LogP contribution in [0.4, 0.5) is 4.79 Å². The van der Waals surface area contributed by atoms with Crippen molar-refractivity contribution in [2.24, 2.45) is 0 Å². The highest BCUT2D eigenvalue weighted by molar-refractivity contribution is 8.18. The number of amides is 3. The van der Waals surface area contributed by atoms with Gasteiger partial charge in [0.1, 0.15) is 0 Å². The number of carbonyl (C=O) groups is 3. The lowest BCUT2D eigenvalue weighted by Crippen LogP contribution is -2.37. The summed E-state index contributed by atoms with van der Waals surface area (Å²) >= 11 is 0.880. The van der Waals surface area contributed by atoms with Crippen molar-refractivity contribution in [3.8, 4) is 11.5 Å². The Morgan fingerprint density at radius 3 is 3.00 bits per heavy atom. The van der Waals surface area contributed by atoms with Crippen LogP contribution < -0.4 is 14.8 Å². The number of fused-ring (bicyclic) bond motifs is 1. The molecule has 4 rings (SSSR count). The van der Waals surface area contributed by atoms with Gasteiger partial charge in [-0.2, -0.15) is 0 Å². The van der Waals surface area contributed by atoms with Crippen LogP contribution in [0.3, 0.4) is 0 Å². The number of hydrogen-bond acceptors (Lipinski definition) is 8. The molecule has 166 valence electrons. The fourth-order valence-corrected chi connectivity index (χ4v) is 4.26. The molecule has 1 aromatic rings. The van der Waals surface area contributed by atoms with Crippen molar-refractivity contribution in [1.29, 1.82) is 0 Å². The Labute approximate surface area is 184 Å². The lowest BCUT2D eigenvalue weighted by Gasteiger charge is -2.13. The Hall–Kier alpha value is -2.56. The van der Waals surface area contributed by atoms with Crippen LogP contribution in [0.15, 0.2) is 23.1 Å². The average Bonchev–Trinajstić information content (AvgIpc) is 3.49. The van der Waals surface area contributed by atoms with Gasteiger partial charge in [-0.25, -0.2) is 0 Å². The Balaban J connectivity index is 1.20. The highest BCUT2D eigenvalue weighted by Gasteiger charge is 2.34. The number of nitrogens with zero attached hydrogens (tertiary/aromatic N) is 1. The molecule has 0 aromatic heterocycles. The molecular weight excluding hydrogens is 424 g/mol. The summed E-state index contributed by atoms with van der Waals surface area (Å²) in [5.74, 6) is 0.700. The fraction of sp³-hybridized carbons (Fsp3) is 0.476. The predicted octanol–water partition coefficient (Wildman–Crippen LogP) is 2.15. The zero-order chi connectivity index (χ0) is 21.6. The van der Waals surface area contributed by atoms with E-state index in [0.717, 1.165) is 41.7 Å². The van der Waals surface area contributed by atoms with E-state index in [1.54, 1.807) is 24.3 Å². The van der Waals surface area contributed by atoms with Crippen LogP contribution in [0, 0.1) is 0 Å². The quantitative estimate of drug-likeness (QED) is 0.453. The third kappa shape index (κ3) is 5.57. The normalized spacial score (nSPS) is 21.4. The van der Waals surface area contributed by atoms with Gasteiger partial charge in [0.15, 0.2) is 11.5 Å². The number of rotatable bonds is 9. The van der Waals surface area contributed by atoms with E-state index in [2.05, 4.69) is 5.32 Å². The second-order valence-corrected chi connectivity index (χ2v) is 8.25. The first-order valence-electron chi connectivity index (χ1n) is 10.2. The lowest BCUT2D eigenvalue weighted by molar-refractivity contribution is -0.124. The van der Waals surface area contributed by atoms with Crippen LogP contribution in [0.1, 0.15) is 24.8 Å². The van der Waals surface area contributed by atoms with E-state index in [0.29, 0.717) is 29.6 Å². The molecule has 3 aliphatic rings. The van der Waals surface area contributed by atoms with Gasteiger partial charge in [-0.05, 0) is 48.4 Å². The summed E-state index contributed by atoms with van der Waals surface area (Å²) in [6, 6.07) is 5.32. The molecule has 31 heavy (non-hydrogen) atoms. The van der Waals surface area contributed by atoms with Gasteiger partial charge in [-0.1, -0.05) is 6.07 Å². The van der Waals surface area contributed by atoms with Crippen molar-refractivity contribution < 1.29 is 33.3 Å². The van der Waals surface area contributed by atoms with Gasteiger partial charge in [0.25, 0.3) is 11.1 Å². The molecule has 3 amide bonds. The molecule has 10 heteroatoms. The summed E-state index contributed by atoms with van der Waals surface area (Å²) in [7, 11) is 0. The third-order valence-electron chi connectivity index (χ3n) is 5.03. The SMILES string of the molecule is O=C(CCOCC1CCCO1)NCCN1C(=O)S/C(=C/c2ccc3c(c2)OCO3)C1=O. The Kier molecular flexibility index (Phi) is 7.10. The standard InChI is InChI=1S/C21H24N2O7S/c24-19(5-9-27-12-15-2-1-8-28-15)22-6-7-23-20(25)18(31-21(23)26)11-14-3-4-16-17(10-14)30-13-29-16/h3-4,10-11,15H,1-2,5-9,12-13H2,(H,22,24)/b18-11+. The topological polar surface area (TPSA) is 103 Å². The molecule has 0 aliphatic carbocycles. The second-order valence-electron chi connectivity index (χ2n) is 7.26. The van der Waals surface area contributed by atoms with Gasteiger partial charge in [-0.3, -0.25) is 19.3 Å². The summed E-state index contributed by atoms with van der Waals surface area (Å²) in [6.07, 6.45) is 4.05. The van der Waals surface area contributed by atoms with Gasteiger partial charge in [0.2, 0.25) is 12.7 Å². The summed E-state index contributed by atoms with van der Waals surface area (Å²) in [5.41, 5.74) is 0.742. The largest absolute Gasteiger partial charge is 0.454 e. The molecule has 1 N–H and O–H groups in total. The maximum absolute atomic E-state index is 12.6. The first-order valence-corrected chi connectivity index (χ1v) is 11.0. The number of imide groups is 1. The highest BCUT2D eigenvalue weighted by Crippen LogP contribution is 2.36. The fourth-order valence-electron chi connectivity index (χ4n) is 3.40. The van der Waals surface area contributed by atoms with Gasteiger partial charge in [-0.15, -0.1) is 0 Å². The number of ether oxygens (including phenoxy) is 4. The summed E-state index contributed by atoms with van der Waals surface area (Å²) in [4.78, 5) is 38.2. The minimum Gasteiger partial charge on any atom is -0.454 e. The molecule has 2 fully saturated rings. The Bertz CT molecular complexity index is 882. The molecule has 0 saturated carbocycles. The van der Waals surface area contributed by atoms with Crippen LogP contribution in [-0.4, -0.2) is 67.8 Å². The van der Waals surface area contributed by atoms with Crippen LogP contribution >= 0.6 is 11.8 Å². The maximum Gasteiger partial charge on any atom is 0.293 e. The van der Waals surface area contributed by atoms with Gasteiger partial charge < -0.3 is 24.3 Å². The van der Waals surface area contributed by atoms with Crippen LogP contribution in [0.5, 0.6) is 11.5 Å². The van der Waals surface area contributed by atoms with Crippen molar-refractivity contribution in [3.05, 3.63) is 28.7 Å². The predicted molar refractivity (Wildman–Crippen MR) is 113 cm³/mol. The zero-order valence-corrected chi connectivity index (χ0v) is 17.8.